The Kier molecular flexibility index (Phi) is 4.07. The topological polar surface area (TPSA) is 68.2 Å². The van der Waals surface area contributed by atoms with Crippen LogP contribution in [0.15, 0.2) is 12.1 Å². The van der Waals surface area contributed by atoms with Crippen LogP contribution in [0.5, 0.6) is 11.5 Å². The van der Waals surface area contributed by atoms with Gasteiger partial charge < -0.3 is 19.3 Å². The van der Waals surface area contributed by atoms with E-state index in [1.54, 1.807) is 20.8 Å². The van der Waals surface area contributed by atoms with Gasteiger partial charge in [-0.3, -0.25) is 4.90 Å². The normalized spacial score (nSPS) is 23.3. The SMILES string of the molecule is CC(C)(C)OC(=O)N1CCCC1(O)c1cc(F)cc2c1OCCO2. The molecule has 24 heavy (non-hydrogen) atoms. The molecule has 0 aromatic heterocycles. The smallest absolute Gasteiger partial charge is 0.412 e. The Morgan fingerprint density at radius 3 is 2.75 bits per heavy atom. The number of aliphatic hydroxyl groups is 1. The number of benzene rings is 1. The van der Waals surface area contributed by atoms with E-state index < -0.39 is 23.2 Å². The van der Waals surface area contributed by atoms with Crippen LogP contribution >= 0.6 is 0 Å². The van der Waals surface area contributed by atoms with Crippen molar-refractivity contribution >= 4 is 6.09 Å². The van der Waals surface area contributed by atoms with E-state index in [1.807, 2.05) is 0 Å². The van der Waals surface area contributed by atoms with Gasteiger partial charge in [0.1, 0.15) is 24.6 Å². The van der Waals surface area contributed by atoms with Crippen LogP contribution in [0.2, 0.25) is 0 Å². The van der Waals surface area contributed by atoms with Crippen LogP contribution in [-0.4, -0.2) is 41.5 Å². The van der Waals surface area contributed by atoms with Gasteiger partial charge in [0.2, 0.25) is 0 Å². The molecule has 1 fully saturated rings. The van der Waals surface area contributed by atoms with E-state index in [0.29, 0.717) is 26.2 Å². The van der Waals surface area contributed by atoms with Crippen molar-refractivity contribution in [1.82, 2.24) is 4.90 Å². The number of carbonyl (C=O) groups is 1. The van der Waals surface area contributed by atoms with Crippen molar-refractivity contribution in [2.45, 2.75) is 44.9 Å². The number of likely N-dealkylation sites (tertiary alicyclic amines) is 1. The Morgan fingerprint density at radius 2 is 2.04 bits per heavy atom. The third kappa shape index (κ3) is 3.00. The molecule has 0 radical (unpaired) electrons. The summed E-state index contributed by atoms with van der Waals surface area (Å²) in [6.07, 6.45) is 0.199. The second-order valence-corrected chi connectivity index (χ2v) is 7.03. The maximum absolute atomic E-state index is 14.0. The fraction of sp³-hybridized carbons (Fsp3) is 0.588. The Morgan fingerprint density at radius 1 is 1.33 bits per heavy atom. The monoisotopic (exact) mass is 339 g/mol. The maximum Gasteiger partial charge on any atom is 0.412 e. The van der Waals surface area contributed by atoms with Crippen LogP contribution in [0.4, 0.5) is 9.18 Å². The summed E-state index contributed by atoms with van der Waals surface area (Å²) >= 11 is 0. The lowest BCUT2D eigenvalue weighted by atomic mass is 9.98. The first-order valence-corrected chi connectivity index (χ1v) is 8.03. The number of nitrogens with zero attached hydrogens (tertiary/aromatic N) is 1. The fourth-order valence-electron chi connectivity index (χ4n) is 3.06. The maximum atomic E-state index is 14.0. The molecule has 0 bridgehead atoms. The Balaban J connectivity index is 2.00. The van der Waals surface area contributed by atoms with E-state index in [-0.39, 0.29) is 23.5 Å². The van der Waals surface area contributed by atoms with Crippen molar-refractivity contribution in [2.75, 3.05) is 19.8 Å². The van der Waals surface area contributed by atoms with Crippen LogP contribution < -0.4 is 9.47 Å². The standard InChI is InChI=1S/C17H22FNO5/c1-16(2,3)24-15(20)19-6-4-5-17(19,21)12-9-11(18)10-13-14(12)23-8-7-22-13/h9-10,21H,4-8H2,1-3H3. The molecular formula is C17H22FNO5. The summed E-state index contributed by atoms with van der Waals surface area (Å²) in [6, 6.07) is 2.41. The van der Waals surface area contributed by atoms with Crippen molar-refractivity contribution in [3.8, 4) is 11.5 Å². The van der Waals surface area contributed by atoms with Gasteiger partial charge in [-0.1, -0.05) is 0 Å². The van der Waals surface area contributed by atoms with Crippen molar-refractivity contribution in [3.63, 3.8) is 0 Å². The van der Waals surface area contributed by atoms with Crippen LogP contribution in [-0.2, 0) is 10.5 Å². The zero-order valence-corrected chi connectivity index (χ0v) is 14.1. The minimum atomic E-state index is -1.69. The number of fused-ring (bicyclic) bond motifs is 1. The molecule has 1 N–H and O–H groups in total. The number of rotatable bonds is 1. The highest BCUT2D eigenvalue weighted by molar-refractivity contribution is 5.70. The van der Waals surface area contributed by atoms with E-state index in [4.69, 9.17) is 14.2 Å². The van der Waals surface area contributed by atoms with Crippen LogP contribution in [0.3, 0.4) is 0 Å². The molecule has 1 unspecified atom stereocenters. The van der Waals surface area contributed by atoms with Crippen molar-refractivity contribution in [2.24, 2.45) is 0 Å². The highest BCUT2D eigenvalue weighted by atomic mass is 19.1. The highest BCUT2D eigenvalue weighted by Gasteiger charge is 2.48. The third-order valence-electron chi connectivity index (χ3n) is 4.01. The van der Waals surface area contributed by atoms with Gasteiger partial charge in [0, 0.05) is 19.0 Å². The number of hydrogen-bond donors (Lipinski definition) is 1. The Hall–Kier alpha value is -2.02. The number of hydrogen-bond acceptors (Lipinski definition) is 5. The molecule has 6 nitrogen and oxygen atoms in total. The molecule has 1 amide bonds. The Bertz CT molecular complexity index is 657. The highest BCUT2D eigenvalue weighted by Crippen LogP contribution is 2.46. The zero-order chi connectivity index (χ0) is 17.5. The number of amides is 1. The average Bonchev–Trinajstić information content (AvgIpc) is 2.87. The van der Waals surface area contributed by atoms with E-state index in [2.05, 4.69) is 0 Å². The molecular weight excluding hydrogens is 317 g/mol. The summed E-state index contributed by atoms with van der Waals surface area (Å²) in [5.74, 6) is -0.0416. The molecule has 132 valence electrons. The number of halogens is 1. The minimum absolute atomic E-state index is 0.195. The largest absolute Gasteiger partial charge is 0.486 e. The molecule has 1 aromatic rings. The molecule has 1 aromatic carbocycles. The second kappa shape index (κ2) is 5.81. The van der Waals surface area contributed by atoms with Gasteiger partial charge in [-0.05, 0) is 33.3 Å². The molecule has 2 heterocycles. The fourth-order valence-corrected chi connectivity index (χ4v) is 3.06. The second-order valence-electron chi connectivity index (χ2n) is 7.03. The van der Waals surface area contributed by atoms with Gasteiger partial charge >= 0.3 is 6.09 Å². The van der Waals surface area contributed by atoms with Crippen LogP contribution in [0, 0.1) is 5.82 Å². The first-order valence-electron chi connectivity index (χ1n) is 8.03. The summed E-state index contributed by atoms with van der Waals surface area (Å²) in [5.41, 5.74) is -2.18. The molecule has 1 saturated heterocycles. The molecule has 7 heteroatoms. The van der Waals surface area contributed by atoms with Crippen LogP contribution in [0.1, 0.15) is 39.2 Å². The van der Waals surface area contributed by atoms with Crippen LogP contribution in [0.25, 0.3) is 0 Å². The van der Waals surface area contributed by atoms with Crippen molar-refractivity contribution in [3.05, 3.63) is 23.5 Å². The predicted molar refractivity (Wildman–Crippen MR) is 83.5 cm³/mol. The molecule has 0 spiro atoms. The number of ether oxygens (including phenoxy) is 3. The summed E-state index contributed by atoms with van der Waals surface area (Å²) in [6.45, 7) is 6.18. The molecule has 2 aliphatic heterocycles. The lowest BCUT2D eigenvalue weighted by Crippen LogP contribution is -2.47. The van der Waals surface area contributed by atoms with E-state index in [0.717, 1.165) is 0 Å². The third-order valence-corrected chi connectivity index (χ3v) is 4.01. The predicted octanol–water partition coefficient (Wildman–Crippen LogP) is 2.77. The van der Waals surface area contributed by atoms with Crippen molar-refractivity contribution in [1.29, 1.82) is 0 Å². The van der Waals surface area contributed by atoms with Gasteiger partial charge in [-0.2, -0.15) is 0 Å². The van der Waals surface area contributed by atoms with Gasteiger partial charge in [0.05, 0.1) is 5.56 Å². The summed E-state index contributed by atoms with van der Waals surface area (Å²) in [4.78, 5) is 13.7. The van der Waals surface area contributed by atoms with Gasteiger partial charge in [-0.25, -0.2) is 9.18 Å². The molecule has 3 rings (SSSR count). The van der Waals surface area contributed by atoms with Crippen molar-refractivity contribution < 1.29 is 28.5 Å². The minimum Gasteiger partial charge on any atom is -0.486 e. The summed E-state index contributed by atoms with van der Waals surface area (Å²) in [7, 11) is 0. The summed E-state index contributed by atoms with van der Waals surface area (Å²) < 4.78 is 30.4. The lowest BCUT2D eigenvalue weighted by Gasteiger charge is -2.36. The van der Waals surface area contributed by atoms with Gasteiger partial charge in [0.25, 0.3) is 0 Å². The molecule has 0 saturated carbocycles. The average molecular weight is 339 g/mol. The number of carbonyl (C=O) groups excluding carboxylic acids is 1. The van der Waals surface area contributed by atoms with E-state index >= 15 is 0 Å². The molecule has 0 aliphatic carbocycles. The quantitative estimate of drug-likeness (QED) is 0.852. The zero-order valence-electron chi connectivity index (χ0n) is 14.1. The molecule has 1 atom stereocenters. The Labute approximate surface area is 140 Å². The van der Waals surface area contributed by atoms with E-state index in [1.165, 1.54) is 17.0 Å². The summed E-state index contributed by atoms with van der Waals surface area (Å²) in [5, 5.41) is 11.2. The first-order chi connectivity index (χ1) is 11.2. The van der Waals surface area contributed by atoms with Gasteiger partial charge in [0.15, 0.2) is 17.2 Å². The van der Waals surface area contributed by atoms with E-state index in [9.17, 15) is 14.3 Å². The first kappa shape index (κ1) is 16.8. The lowest BCUT2D eigenvalue weighted by molar-refractivity contribution is -0.0912. The van der Waals surface area contributed by atoms with Gasteiger partial charge in [-0.15, -0.1) is 0 Å². The molecule has 2 aliphatic rings.